The van der Waals surface area contributed by atoms with E-state index in [1.54, 1.807) is 24.3 Å². The van der Waals surface area contributed by atoms with Crippen molar-refractivity contribution in [1.29, 1.82) is 5.26 Å². The summed E-state index contributed by atoms with van der Waals surface area (Å²) in [6.45, 7) is 0.741. The molecule has 1 aliphatic rings. The number of hydrogen-bond donors (Lipinski definition) is 3. The highest BCUT2D eigenvalue weighted by Gasteiger charge is 2.41. The molecule has 19 heavy (non-hydrogen) atoms. The van der Waals surface area contributed by atoms with Crippen LogP contribution in [0.15, 0.2) is 24.3 Å². The van der Waals surface area contributed by atoms with Crippen molar-refractivity contribution in [1.82, 2.24) is 5.32 Å². The fourth-order valence-corrected chi connectivity index (χ4v) is 2.04. The van der Waals surface area contributed by atoms with E-state index in [1.807, 2.05) is 6.07 Å². The van der Waals surface area contributed by atoms with Gasteiger partial charge in [0.05, 0.1) is 11.6 Å². The average Bonchev–Trinajstić information content (AvgIpc) is 3.17. The first-order valence-electron chi connectivity index (χ1n) is 6.33. The summed E-state index contributed by atoms with van der Waals surface area (Å²) in [4.78, 5) is 11.7. The zero-order valence-electron chi connectivity index (χ0n) is 10.6. The molecule has 0 radical (unpaired) electrons. The van der Waals surface area contributed by atoms with Gasteiger partial charge in [-0.25, -0.2) is 4.79 Å². The summed E-state index contributed by atoms with van der Waals surface area (Å²) in [6, 6.07) is 8.52. The van der Waals surface area contributed by atoms with E-state index in [1.165, 1.54) is 0 Å². The Morgan fingerprint density at radius 3 is 2.89 bits per heavy atom. The number of anilines is 1. The van der Waals surface area contributed by atoms with Gasteiger partial charge in [0.15, 0.2) is 0 Å². The zero-order valence-corrected chi connectivity index (χ0v) is 10.6. The number of nitriles is 1. The lowest BCUT2D eigenvalue weighted by atomic mass is 10.0. The molecule has 5 nitrogen and oxygen atoms in total. The minimum atomic E-state index is -0.278. The zero-order chi connectivity index (χ0) is 13.7. The van der Waals surface area contributed by atoms with E-state index in [9.17, 15) is 4.79 Å². The number of aliphatic hydroxyl groups is 1. The fraction of sp³-hybridized carbons (Fsp3) is 0.429. The minimum Gasteiger partial charge on any atom is -0.396 e. The maximum Gasteiger partial charge on any atom is 0.319 e. The third-order valence-corrected chi connectivity index (χ3v) is 3.47. The van der Waals surface area contributed by atoms with Crippen molar-refractivity contribution >= 4 is 11.7 Å². The third kappa shape index (κ3) is 3.70. The lowest BCUT2D eigenvalue weighted by Crippen LogP contribution is -2.34. The Kier molecular flexibility index (Phi) is 4.03. The molecular weight excluding hydrogens is 242 g/mol. The number of aliphatic hydroxyl groups excluding tert-OH is 1. The van der Waals surface area contributed by atoms with Gasteiger partial charge in [-0.05, 0) is 42.9 Å². The fourth-order valence-electron chi connectivity index (χ4n) is 2.04. The average molecular weight is 259 g/mol. The van der Waals surface area contributed by atoms with E-state index in [0.29, 0.717) is 17.8 Å². The number of benzene rings is 1. The molecule has 3 N–H and O–H groups in total. The molecule has 5 heteroatoms. The highest BCUT2D eigenvalue weighted by molar-refractivity contribution is 5.89. The van der Waals surface area contributed by atoms with Gasteiger partial charge in [0.25, 0.3) is 0 Å². The molecule has 100 valence electrons. The minimum absolute atomic E-state index is 0.0978. The summed E-state index contributed by atoms with van der Waals surface area (Å²) in [5.74, 6) is 0. The summed E-state index contributed by atoms with van der Waals surface area (Å²) >= 11 is 0. The van der Waals surface area contributed by atoms with Crippen molar-refractivity contribution in [2.24, 2.45) is 5.41 Å². The van der Waals surface area contributed by atoms with Gasteiger partial charge < -0.3 is 15.7 Å². The summed E-state index contributed by atoms with van der Waals surface area (Å²) in [6.07, 6.45) is 2.84. The molecule has 0 heterocycles. The topological polar surface area (TPSA) is 85.2 Å². The van der Waals surface area contributed by atoms with Crippen LogP contribution in [0, 0.1) is 16.7 Å². The van der Waals surface area contributed by atoms with Crippen molar-refractivity contribution in [3.63, 3.8) is 0 Å². The Morgan fingerprint density at radius 1 is 1.47 bits per heavy atom. The van der Waals surface area contributed by atoms with Gasteiger partial charge in [0.1, 0.15) is 0 Å². The van der Waals surface area contributed by atoms with Crippen molar-refractivity contribution in [2.45, 2.75) is 19.3 Å². The van der Waals surface area contributed by atoms with Gasteiger partial charge >= 0.3 is 6.03 Å². The highest BCUT2D eigenvalue weighted by atomic mass is 16.3. The first-order chi connectivity index (χ1) is 9.17. The van der Waals surface area contributed by atoms with E-state index in [0.717, 1.165) is 19.3 Å². The van der Waals surface area contributed by atoms with Crippen LogP contribution in [0.25, 0.3) is 0 Å². The van der Waals surface area contributed by atoms with Crippen molar-refractivity contribution < 1.29 is 9.90 Å². The van der Waals surface area contributed by atoms with Crippen molar-refractivity contribution in [3.05, 3.63) is 29.8 Å². The molecule has 1 aromatic carbocycles. The molecule has 0 bridgehead atoms. The number of urea groups is 1. The second-order valence-electron chi connectivity index (χ2n) is 4.97. The molecule has 0 saturated heterocycles. The monoisotopic (exact) mass is 259 g/mol. The molecule has 0 unspecified atom stereocenters. The van der Waals surface area contributed by atoms with E-state index in [-0.39, 0.29) is 18.1 Å². The largest absolute Gasteiger partial charge is 0.396 e. The van der Waals surface area contributed by atoms with Gasteiger partial charge in [-0.3, -0.25) is 0 Å². The van der Waals surface area contributed by atoms with E-state index < -0.39 is 0 Å². The molecule has 0 aromatic heterocycles. The lowest BCUT2D eigenvalue weighted by molar-refractivity contribution is 0.234. The van der Waals surface area contributed by atoms with Crippen LogP contribution in [0.5, 0.6) is 0 Å². The van der Waals surface area contributed by atoms with Crippen LogP contribution in [-0.4, -0.2) is 24.3 Å². The number of rotatable bonds is 5. The van der Waals surface area contributed by atoms with Crippen LogP contribution in [0.2, 0.25) is 0 Å². The van der Waals surface area contributed by atoms with Crippen LogP contribution >= 0.6 is 0 Å². The Labute approximate surface area is 112 Å². The highest BCUT2D eigenvalue weighted by Crippen LogP contribution is 2.47. The first kappa shape index (κ1) is 13.4. The number of hydrogen-bond acceptors (Lipinski definition) is 3. The van der Waals surface area contributed by atoms with Crippen molar-refractivity contribution in [2.75, 3.05) is 18.5 Å². The van der Waals surface area contributed by atoms with Gasteiger partial charge in [-0.1, -0.05) is 6.07 Å². The van der Waals surface area contributed by atoms with Crippen LogP contribution in [-0.2, 0) is 0 Å². The molecular formula is C14H17N3O2. The molecule has 1 aliphatic carbocycles. The van der Waals surface area contributed by atoms with Crippen LogP contribution in [0.1, 0.15) is 24.8 Å². The number of nitrogens with zero attached hydrogens (tertiary/aromatic N) is 1. The van der Waals surface area contributed by atoms with Gasteiger partial charge in [-0.15, -0.1) is 0 Å². The summed E-state index contributed by atoms with van der Waals surface area (Å²) in [5.41, 5.74) is 1.21. The molecule has 0 spiro atoms. The van der Waals surface area contributed by atoms with Crippen LogP contribution < -0.4 is 10.6 Å². The molecule has 2 amide bonds. The normalized spacial score (nSPS) is 15.4. The Hall–Kier alpha value is -2.06. The standard InChI is InChI=1S/C14H17N3O2/c15-9-11-2-1-3-12(8-11)17-13(19)16-10-14(4-5-14)6-7-18/h1-3,8,18H,4-7,10H2,(H2,16,17,19). The predicted octanol–water partition coefficient (Wildman–Crippen LogP) is 1.84. The molecule has 1 aromatic rings. The molecule has 0 atom stereocenters. The predicted molar refractivity (Wildman–Crippen MR) is 71.5 cm³/mol. The molecule has 0 aliphatic heterocycles. The second kappa shape index (κ2) is 5.72. The summed E-state index contributed by atoms with van der Waals surface area (Å²) < 4.78 is 0. The molecule has 1 saturated carbocycles. The van der Waals surface area contributed by atoms with Crippen LogP contribution in [0.3, 0.4) is 0 Å². The summed E-state index contributed by atoms with van der Waals surface area (Å²) in [5, 5.41) is 23.2. The molecule has 1 fully saturated rings. The van der Waals surface area contributed by atoms with E-state index in [4.69, 9.17) is 10.4 Å². The molecule has 2 rings (SSSR count). The SMILES string of the molecule is N#Cc1cccc(NC(=O)NCC2(CCO)CC2)c1. The van der Waals surface area contributed by atoms with Gasteiger partial charge in [0.2, 0.25) is 0 Å². The Morgan fingerprint density at radius 2 is 2.26 bits per heavy atom. The Bertz CT molecular complexity index is 504. The summed E-state index contributed by atoms with van der Waals surface area (Å²) in [7, 11) is 0. The lowest BCUT2D eigenvalue weighted by Gasteiger charge is -2.15. The number of nitrogens with one attached hydrogen (secondary N) is 2. The number of carbonyl (C=O) groups excluding carboxylic acids is 1. The first-order valence-corrected chi connectivity index (χ1v) is 6.33. The Balaban J connectivity index is 1.83. The van der Waals surface area contributed by atoms with E-state index >= 15 is 0 Å². The number of carbonyl (C=O) groups is 1. The maximum atomic E-state index is 11.7. The van der Waals surface area contributed by atoms with Crippen molar-refractivity contribution in [3.8, 4) is 6.07 Å². The number of amides is 2. The smallest absolute Gasteiger partial charge is 0.319 e. The van der Waals surface area contributed by atoms with Crippen LogP contribution in [0.4, 0.5) is 10.5 Å². The maximum absolute atomic E-state index is 11.7. The van der Waals surface area contributed by atoms with Gasteiger partial charge in [-0.2, -0.15) is 5.26 Å². The van der Waals surface area contributed by atoms with E-state index in [2.05, 4.69) is 10.6 Å². The van der Waals surface area contributed by atoms with Gasteiger partial charge in [0, 0.05) is 18.8 Å². The second-order valence-corrected chi connectivity index (χ2v) is 4.97. The quantitative estimate of drug-likeness (QED) is 0.754. The third-order valence-electron chi connectivity index (χ3n) is 3.47.